The van der Waals surface area contributed by atoms with Gasteiger partial charge in [0.2, 0.25) is 5.91 Å². The highest BCUT2D eigenvalue weighted by Crippen LogP contribution is 2.18. The number of hydrogen-bond acceptors (Lipinski definition) is 4. The molecule has 0 saturated heterocycles. The van der Waals surface area contributed by atoms with Gasteiger partial charge in [0, 0.05) is 13.0 Å². The number of nitrogens with one attached hydrogen (secondary N) is 2. The molecule has 0 bridgehead atoms. The van der Waals surface area contributed by atoms with Crippen molar-refractivity contribution in [1.82, 2.24) is 10.6 Å². The Morgan fingerprint density at radius 1 is 1.08 bits per heavy atom. The van der Waals surface area contributed by atoms with Crippen LogP contribution in [0.3, 0.4) is 0 Å². The molecule has 2 amide bonds. The molecule has 0 aliphatic rings. The molecule has 0 aliphatic carbocycles. The minimum atomic E-state index is -5.07. The second-order valence-electron chi connectivity index (χ2n) is 6.30. The molecule has 1 atom stereocenters. The third-order valence-corrected chi connectivity index (χ3v) is 3.54. The van der Waals surface area contributed by atoms with E-state index in [1.54, 1.807) is 5.32 Å². The van der Waals surface area contributed by atoms with Gasteiger partial charge in [-0.3, -0.25) is 9.59 Å². The van der Waals surface area contributed by atoms with Crippen molar-refractivity contribution < 1.29 is 37.8 Å². The highest BCUT2D eigenvalue weighted by molar-refractivity contribution is 5.88. The summed E-state index contributed by atoms with van der Waals surface area (Å²) in [5.41, 5.74) is -0.942. The number of hydrogen-bond donors (Lipinski definition) is 4. The Morgan fingerprint density at radius 3 is 2.08 bits per heavy atom. The van der Waals surface area contributed by atoms with Crippen LogP contribution in [0.15, 0.2) is 24.3 Å². The van der Waals surface area contributed by atoms with E-state index in [0.29, 0.717) is 5.56 Å². The van der Waals surface area contributed by atoms with Crippen LogP contribution in [0.5, 0.6) is 5.75 Å². The fourth-order valence-corrected chi connectivity index (χ4v) is 1.90. The Morgan fingerprint density at radius 2 is 1.62 bits per heavy atom. The Balaban J connectivity index is 2.74. The fraction of sp³-hybridized carbons (Fsp3) is 0.438. The number of carbonyl (C=O) groups excluding carboxylic acids is 2. The van der Waals surface area contributed by atoms with Crippen molar-refractivity contribution in [2.75, 3.05) is 6.54 Å². The van der Waals surface area contributed by atoms with Gasteiger partial charge in [-0.05, 0) is 31.5 Å². The van der Waals surface area contributed by atoms with Crippen LogP contribution >= 0.6 is 0 Å². The van der Waals surface area contributed by atoms with Crippen molar-refractivity contribution >= 4 is 17.8 Å². The first-order valence-electron chi connectivity index (χ1n) is 7.49. The normalized spacial score (nSPS) is 13.0. The summed E-state index contributed by atoms with van der Waals surface area (Å²) in [7, 11) is 0. The number of carboxylic acid groups (broad SMARTS) is 1. The van der Waals surface area contributed by atoms with Crippen LogP contribution < -0.4 is 10.6 Å². The van der Waals surface area contributed by atoms with Gasteiger partial charge < -0.3 is 20.8 Å². The summed E-state index contributed by atoms with van der Waals surface area (Å²) in [6.45, 7) is 1.93. The van der Waals surface area contributed by atoms with Crippen LogP contribution in [-0.2, 0) is 20.8 Å². The largest absolute Gasteiger partial charge is 0.508 e. The molecule has 0 aliphatic heterocycles. The molecule has 26 heavy (non-hydrogen) atoms. The fourth-order valence-electron chi connectivity index (χ4n) is 1.90. The number of aliphatic carboxylic acids is 1. The highest BCUT2D eigenvalue weighted by atomic mass is 19.4. The summed E-state index contributed by atoms with van der Waals surface area (Å²) in [6.07, 6.45) is -5.17. The molecule has 0 spiro atoms. The third kappa shape index (κ3) is 6.26. The molecule has 0 fully saturated rings. The molecular weight excluding hydrogens is 357 g/mol. The maximum Gasteiger partial charge on any atom is 0.471 e. The second-order valence-corrected chi connectivity index (χ2v) is 6.30. The summed E-state index contributed by atoms with van der Waals surface area (Å²) in [5, 5.41) is 22.3. The zero-order valence-electron chi connectivity index (χ0n) is 14.1. The first kappa shape index (κ1) is 21.3. The number of phenolic OH excluding ortho intramolecular Hbond substituents is 1. The number of carbonyl (C=O) groups is 3. The number of amides is 2. The van der Waals surface area contributed by atoms with Gasteiger partial charge in [-0.2, -0.15) is 13.2 Å². The van der Waals surface area contributed by atoms with Crippen molar-refractivity contribution in [2.24, 2.45) is 5.41 Å². The van der Waals surface area contributed by atoms with Gasteiger partial charge >= 0.3 is 18.1 Å². The van der Waals surface area contributed by atoms with Crippen molar-refractivity contribution in [1.29, 1.82) is 0 Å². The molecule has 10 heteroatoms. The lowest BCUT2D eigenvalue weighted by molar-refractivity contribution is -0.174. The number of alkyl halides is 3. The predicted molar refractivity (Wildman–Crippen MR) is 84.2 cm³/mol. The minimum absolute atomic E-state index is 0.00815. The lowest BCUT2D eigenvalue weighted by atomic mass is 9.91. The standard InChI is InChI=1S/C16H19F3N2O5/c1-15(2,8-20-14(26)16(17,18)19)13(25)21-11(12(23)24)7-9-3-5-10(22)6-4-9/h3-6,11,22H,7-8H2,1-2H3,(H,20,26)(H,21,25)(H,23,24)/t11-/m0/s1. The summed E-state index contributed by atoms with van der Waals surface area (Å²) >= 11 is 0. The number of rotatable bonds is 7. The molecule has 1 aromatic carbocycles. The van der Waals surface area contributed by atoms with Crippen molar-refractivity contribution in [2.45, 2.75) is 32.5 Å². The van der Waals surface area contributed by atoms with Crippen molar-refractivity contribution in [3.8, 4) is 5.75 Å². The van der Waals surface area contributed by atoms with Gasteiger partial charge in [0.25, 0.3) is 0 Å². The molecule has 4 N–H and O–H groups in total. The molecule has 0 heterocycles. The van der Waals surface area contributed by atoms with E-state index in [1.807, 2.05) is 0 Å². The van der Waals surface area contributed by atoms with E-state index in [0.717, 1.165) is 0 Å². The van der Waals surface area contributed by atoms with Crippen LogP contribution in [0.1, 0.15) is 19.4 Å². The summed E-state index contributed by atoms with van der Waals surface area (Å²) in [5.74, 6) is -4.35. The topological polar surface area (TPSA) is 116 Å². The molecule has 0 radical (unpaired) electrons. The third-order valence-electron chi connectivity index (χ3n) is 3.54. The number of carboxylic acids is 1. The molecule has 1 rings (SSSR count). The van der Waals surface area contributed by atoms with E-state index in [-0.39, 0.29) is 12.2 Å². The van der Waals surface area contributed by atoms with E-state index >= 15 is 0 Å². The molecular formula is C16H19F3N2O5. The van der Waals surface area contributed by atoms with Crippen LogP contribution in [0.2, 0.25) is 0 Å². The zero-order chi connectivity index (χ0) is 20.1. The molecule has 144 valence electrons. The summed E-state index contributed by atoms with van der Waals surface area (Å²) in [6, 6.07) is 4.34. The maximum atomic E-state index is 12.2. The molecule has 7 nitrogen and oxygen atoms in total. The van der Waals surface area contributed by atoms with Crippen LogP contribution in [-0.4, -0.2) is 46.8 Å². The summed E-state index contributed by atoms with van der Waals surface area (Å²) in [4.78, 5) is 34.4. The van der Waals surface area contributed by atoms with E-state index < -0.39 is 42.0 Å². The SMILES string of the molecule is CC(C)(CNC(=O)C(F)(F)F)C(=O)N[C@@H](Cc1ccc(O)cc1)C(=O)O. The Labute approximate surface area is 147 Å². The average molecular weight is 376 g/mol. The quantitative estimate of drug-likeness (QED) is 0.571. The Bertz CT molecular complexity index is 671. The second kappa shape index (κ2) is 8.07. The number of halogens is 3. The molecule has 0 aromatic heterocycles. The van der Waals surface area contributed by atoms with Crippen molar-refractivity contribution in [3.63, 3.8) is 0 Å². The molecule has 1 aromatic rings. The average Bonchev–Trinajstić information content (AvgIpc) is 2.52. The van der Waals surface area contributed by atoms with Crippen LogP contribution in [0.4, 0.5) is 13.2 Å². The highest BCUT2D eigenvalue weighted by Gasteiger charge is 2.40. The number of phenols is 1. The van der Waals surface area contributed by atoms with Gasteiger partial charge in [-0.15, -0.1) is 0 Å². The predicted octanol–water partition coefficient (Wildman–Crippen LogP) is 1.21. The minimum Gasteiger partial charge on any atom is -0.508 e. The Hall–Kier alpha value is -2.78. The maximum absolute atomic E-state index is 12.2. The zero-order valence-corrected chi connectivity index (χ0v) is 14.1. The van der Waals surface area contributed by atoms with Gasteiger partial charge in [0.15, 0.2) is 0 Å². The lowest BCUT2D eigenvalue weighted by Gasteiger charge is -2.26. The molecule has 0 saturated carbocycles. The Kier molecular flexibility index (Phi) is 6.60. The van der Waals surface area contributed by atoms with Crippen LogP contribution in [0, 0.1) is 5.41 Å². The van der Waals surface area contributed by atoms with E-state index in [4.69, 9.17) is 0 Å². The first-order valence-corrected chi connectivity index (χ1v) is 7.49. The van der Waals surface area contributed by atoms with E-state index in [1.165, 1.54) is 38.1 Å². The lowest BCUT2D eigenvalue weighted by Crippen LogP contribution is -2.52. The van der Waals surface area contributed by atoms with Crippen LogP contribution in [0.25, 0.3) is 0 Å². The molecule has 0 unspecified atom stereocenters. The summed E-state index contributed by atoms with van der Waals surface area (Å²) < 4.78 is 36.6. The van der Waals surface area contributed by atoms with Crippen molar-refractivity contribution in [3.05, 3.63) is 29.8 Å². The van der Waals surface area contributed by atoms with Gasteiger partial charge in [0.1, 0.15) is 11.8 Å². The van der Waals surface area contributed by atoms with Gasteiger partial charge in [0.05, 0.1) is 5.41 Å². The van der Waals surface area contributed by atoms with Gasteiger partial charge in [-0.1, -0.05) is 12.1 Å². The first-order chi connectivity index (χ1) is 11.8. The number of aromatic hydroxyl groups is 1. The van der Waals surface area contributed by atoms with Gasteiger partial charge in [-0.25, -0.2) is 4.79 Å². The van der Waals surface area contributed by atoms with E-state index in [2.05, 4.69) is 5.32 Å². The smallest absolute Gasteiger partial charge is 0.471 e. The van der Waals surface area contributed by atoms with E-state index in [9.17, 15) is 37.8 Å². The number of benzene rings is 1. The monoisotopic (exact) mass is 376 g/mol.